The number of nitrogens with zero attached hydrogens (tertiary/aromatic N) is 1. The average molecular weight is 455 g/mol. The number of anilines is 1. The van der Waals surface area contributed by atoms with Gasteiger partial charge in [-0.3, -0.25) is 24.1 Å². The monoisotopic (exact) mass is 454 g/mol. The maximum atomic E-state index is 12.4. The largest absolute Gasteiger partial charge is 0.484 e. The van der Waals surface area contributed by atoms with Crippen molar-refractivity contribution in [1.29, 1.82) is 0 Å². The van der Waals surface area contributed by atoms with E-state index < -0.39 is 23.7 Å². The van der Waals surface area contributed by atoms with Crippen molar-refractivity contribution >= 4 is 46.5 Å². The first kappa shape index (κ1) is 23.1. The summed E-state index contributed by atoms with van der Waals surface area (Å²) in [5.41, 5.74) is 3.50. The number of aryl methyl sites for hydroxylation is 1. The smallest absolute Gasteiger partial charge is 0.325 e. The summed E-state index contributed by atoms with van der Waals surface area (Å²) in [6, 6.07) is 12.4. The Labute approximate surface area is 189 Å². The molecule has 1 fully saturated rings. The first-order valence-corrected chi connectivity index (χ1v) is 10.5. The summed E-state index contributed by atoms with van der Waals surface area (Å²) in [6.45, 7) is 3.34. The molecule has 0 unspecified atom stereocenters. The van der Waals surface area contributed by atoms with Gasteiger partial charge in [-0.15, -0.1) is 0 Å². The van der Waals surface area contributed by atoms with Gasteiger partial charge in [0.15, 0.2) is 6.61 Å². The minimum absolute atomic E-state index is 0.154. The van der Waals surface area contributed by atoms with Crippen molar-refractivity contribution in [2.24, 2.45) is 0 Å². The molecule has 0 aromatic heterocycles. The molecule has 32 heavy (non-hydrogen) atoms. The zero-order chi connectivity index (χ0) is 23.3. The Hall–Kier alpha value is -3.59. The third kappa shape index (κ3) is 5.55. The number of rotatable bonds is 7. The van der Waals surface area contributed by atoms with E-state index in [2.05, 4.69) is 10.1 Å². The summed E-state index contributed by atoms with van der Waals surface area (Å²) < 4.78 is 10.0. The van der Waals surface area contributed by atoms with Crippen molar-refractivity contribution in [2.45, 2.75) is 13.8 Å². The number of carbonyl (C=O) groups is 4. The lowest BCUT2D eigenvalue weighted by Crippen LogP contribution is -2.34. The quantitative estimate of drug-likeness (QED) is 0.504. The maximum absolute atomic E-state index is 12.4. The van der Waals surface area contributed by atoms with E-state index >= 15 is 0 Å². The molecule has 0 radical (unpaired) electrons. The van der Waals surface area contributed by atoms with Crippen molar-refractivity contribution in [3.8, 4) is 5.75 Å². The SMILES string of the molecule is COC(=O)CN1C(=O)S/C(=C\c2ccc(OCC(=O)Nc3cccc(C)c3C)cc2)C1=O. The van der Waals surface area contributed by atoms with Gasteiger partial charge in [0.25, 0.3) is 17.1 Å². The number of esters is 1. The Morgan fingerprint density at radius 2 is 1.81 bits per heavy atom. The molecule has 0 aliphatic carbocycles. The van der Waals surface area contributed by atoms with Crippen LogP contribution in [0.1, 0.15) is 16.7 Å². The predicted octanol–water partition coefficient (Wildman–Crippen LogP) is 3.53. The molecule has 0 atom stereocenters. The summed E-state index contributed by atoms with van der Waals surface area (Å²) in [5, 5.41) is 2.30. The first-order chi connectivity index (χ1) is 15.3. The van der Waals surface area contributed by atoms with Crippen LogP contribution in [0.4, 0.5) is 10.5 Å². The second kappa shape index (κ2) is 10.1. The fraction of sp³-hybridized carbons (Fsp3) is 0.217. The van der Waals surface area contributed by atoms with Crippen molar-refractivity contribution in [2.75, 3.05) is 25.6 Å². The highest BCUT2D eigenvalue weighted by molar-refractivity contribution is 8.18. The van der Waals surface area contributed by atoms with Gasteiger partial charge < -0.3 is 14.8 Å². The van der Waals surface area contributed by atoms with Crippen molar-refractivity contribution in [3.05, 3.63) is 64.1 Å². The molecule has 1 aliphatic rings. The van der Waals surface area contributed by atoms with Crippen LogP contribution in [-0.2, 0) is 19.1 Å². The summed E-state index contributed by atoms with van der Waals surface area (Å²) in [6.07, 6.45) is 1.55. The van der Waals surface area contributed by atoms with Crippen molar-refractivity contribution < 1.29 is 28.7 Å². The van der Waals surface area contributed by atoms with Gasteiger partial charge in [-0.2, -0.15) is 0 Å². The van der Waals surface area contributed by atoms with Crippen LogP contribution in [0, 0.1) is 13.8 Å². The molecule has 0 saturated carbocycles. The Morgan fingerprint density at radius 3 is 2.50 bits per heavy atom. The van der Waals surface area contributed by atoms with Crippen LogP contribution < -0.4 is 10.1 Å². The zero-order valence-electron chi connectivity index (χ0n) is 17.8. The number of hydrogen-bond acceptors (Lipinski definition) is 7. The second-order valence-electron chi connectivity index (χ2n) is 7.00. The van der Waals surface area contributed by atoms with E-state index in [-0.39, 0.29) is 17.4 Å². The van der Waals surface area contributed by atoms with Crippen LogP contribution in [0.15, 0.2) is 47.4 Å². The summed E-state index contributed by atoms with van der Waals surface area (Å²) in [4.78, 5) is 48.9. The molecule has 0 spiro atoms. The fourth-order valence-electron chi connectivity index (χ4n) is 2.86. The first-order valence-electron chi connectivity index (χ1n) is 9.69. The van der Waals surface area contributed by atoms with Crippen LogP contribution in [0.25, 0.3) is 6.08 Å². The van der Waals surface area contributed by atoms with Gasteiger partial charge in [0.2, 0.25) is 0 Å². The van der Waals surface area contributed by atoms with Gasteiger partial charge in [-0.1, -0.05) is 24.3 Å². The lowest BCUT2D eigenvalue weighted by Gasteiger charge is -2.11. The number of thioether (sulfide) groups is 1. The van der Waals surface area contributed by atoms with Gasteiger partial charge in [0.1, 0.15) is 12.3 Å². The van der Waals surface area contributed by atoms with E-state index in [1.165, 1.54) is 7.11 Å². The van der Waals surface area contributed by atoms with Gasteiger partial charge in [0.05, 0.1) is 12.0 Å². The van der Waals surface area contributed by atoms with Crippen LogP contribution in [0.3, 0.4) is 0 Å². The third-order valence-corrected chi connectivity index (χ3v) is 5.72. The summed E-state index contributed by atoms with van der Waals surface area (Å²) >= 11 is 0.757. The normalized spacial score (nSPS) is 14.6. The number of ether oxygens (including phenoxy) is 2. The maximum Gasteiger partial charge on any atom is 0.325 e. The number of nitrogens with one attached hydrogen (secondary N) is 1. The number of carbonyl (C=O) groups excluding carboxylic acids is 4. The van der Waals surface area contributed by atoms with E-state index in [1.54, 1.807) is 30.3 Å². The number of methoxy groups -OCH3 is 1. The molecule has 3 amide bonds. The predicted molar refractivity (Wildman–Crippen MR) is 121 cm³/mol. The standard InChI is InChI=1S/C23H22N2O6S/c1-14-5-4-6-18(15(14)2)24-20(26)13-31-17-9-7-16(8-10-17)11-19-22(28)25(23(29)32-19)12-21(27)30-3/h4-11H,12-13H2,1-3H3,(H,24,26)/b19-11-. The van der Waals surface area contributed by atoms with E-state index in [0.717, 1.165) is 33.5 Å². The Kier molecular flexibility index (Phi) is 7.32. The number of hydrogen-bond donors (Lipinski definition) is 1. The number of imide groups is 1. The van der Waals surface area contributed by atoms with Crippen molar-refractivity contribution in [3.63, 3.8) is 0 Å². The highest BCUT2D eigenvalue weighted by Crippen LogP contribution is 2.32. The molecule has 9 heteroatoms. The highest BCUT2D eigenvalue weighted by atomic mass is 32.2. The fourth-order valence-corrected chi connectivity index (χ4v) is 3.70. The summed E-state index contributed by atoms with van der Waals surface area (Å²) in [5.74, 6) is -1.01. The van der Waals surface area contributed by atoms with E-state index in [9.17, 15) is 19.2 Å². The lowest BCUT2D eigenvalue weighted by molar-refractivity contribution is -0.143. The minimum atomic E-state index is -0.670. The lowest BCUT2D eigenvalue weighted by atomic mass is 10.1. The Morgan fingerprint density at radius 1 is 1.09 bits per heavy atom. The van der Waals surface area contributed by atoms with Crippen LogP contribution >= 0.6 is 11.8 Å². The molecular formula is C23H22N2O6S. The van der Waals surface area contributed by atoms with Crippen LogP contribution in [0.5, 0.6) is 5.75 Å². The Balaban J connectivity index is 1.57. The van der Waals surface area contributed by atoms with Gasteiger partial charge in [0, 0.05) is 5.69 Å². The molecule has 1 heterocycles. The van der Waals surface area contributed by atoms with E-state index in [4.69, 9.17) is 4.74 Å². The van der Waals surface area contributed by atoms with Crippen LogP contribution in [0.2, 0.25) is 0 Å². The van der Waals surface area contributed by atoms with E-state index in [1.807, 2.05) is 32.0 Å². The summed E-state index contributed by atoms with van der Waals surface area (Å²) in [7, 11) is 1.19. The molecule has 8 nitrogen and oxygen atoms in total. The van der Waals surface area contributed by atoms with Crippen LogP contribution in [-0.4, -0.2) is 48.2 Å². The molecule has 2 aromatic carbocycles. The van der Waals surface area contributed by atoms with Crippen molar-refractivity contribution in [1.82, 2.24) is 4.90 Å². The van der Waals surface area contributed by atoms with E-state index in [0.29, 0.717) is 11.3 Å². The number of amides is 3. The second-order valence-corrected chi connectivity index (χ2v) is 7.99. The van der Waals surface area contributed by atoms with Gasteiger partial charge in [-0.05, 0) is 66.6 Å². The molecule has 3 rings (SSSR count). The third-order valence-electron chi connectivity index (χ3n) is 4.81. The Bertz CT molecular complexity index is 1090. The topological polar surface area (TPSA) is 102 Å². The molecule has 1 aliphatic heterocycles. The highest BCUT2D eigenvalue weighted by Gasteiger charge is 2.36. The zero-order valence-corrected chi connectivity index (χ0v) is 18.7. The molecule has 166 valence electrons. The van der Waals surface area contributed by atoms with Gasteiger partial charge in [-0.25, -0.2) is 0 Å². The number of benzene rings is 2. The molecular weight excluding hydrogens is 432 g/mol. The molecule has 1 N–H and O–H groups in total. The average Bonchev–Trinajstić information content (AvgIpc) is 3.03. The minimum Gasteiger partial charge on any atom is -0.484 e. The van der Waals surface area contributed by atoms with Gasteiger partial charge >= 0.3 is 5.97 Å². The molecule has 2 aromatic rings. The molecule has 1 saturated heterocycles. The molecule has 0 bridgehead atoms.